The lowest BCUT2D eigenvalue weighted by Crippen LogP contribution is -2.41. The minimum Gasteiger partial charge on any atom is -0.493 e. The van der Waals surface area contributed by atoms with E-state index >= 15 is 0 Å². The van der Waals surface area contributed by atoms with Crippen LogP contribution in [0.1, 0.15) is 31.5 Å². The average Bonchev–Trinajstić information content (AvgIpc) is 3.11. The molecule has 9 heteroatoms. The predicted octanol–water partition coefficient (Wildman–Crippen LogP) is 1.50. The molecule has 2 aromatic rings. The van der Waals surface area contributed by atoms with E-state index in [2.05, 4.69) is 5.10 Å². The van der Waals surface area contributed by atoms with Crippen LogP contribution in [0.3, 0.4) is 0 Å². The van der Waals surface area contributed by atoms with Crippen LogP contribution in [0.5, 0.6) is 11.5 Å². The molecule has 3 rings (SSSR count). The normalized spacial score (nSPS) is 14.7. The first-order valence-corrected chi connectivity index (χ1v) is 10.3. The van der Waals surface area contributed by atoms with Gasteiger partial charge in [-0.25, -0.2) is 9.48 Å². The molecule has 164 valence electrons. The van der Waals surface area contributed by atoms with Crippen molar-refractivity contribution in [2.45, 2.75) is 38.8 Å². The Kier molecular flexibility index (Phi) is 7.51. The number of amides is 1. The van der Waals surface area contributed by atoms with Crippen molar-refractivity contribution in [3.05, 3.63) is 40.6 Å². The summed E-state index contributed by atoms with van der Waals surface area (Å²) in [7, 11) is 3.17. The number of para-hydroxylation sites is 2. The van der Waals surface area contributed by atoms with Gasteiger partial charge in [-0.15, -0.1) is 0 Å². The van der Waals surface area contributed by atoms with Crippen molar-refractivity contribution in [1.82, 2.24) is 19.2 Å². The molecule has 30 heavy (non-hydrogen) atoms. The third-order valence-electron chi connectivity index (χ3n) is 5.41. The van der Waals surface area contributed by atoms with Gasteiger partial charge in [0.2, 0.25) is 0 Å². The molecule has 0 spiro atoms. The molecule has 1 aromatic carbocycles. The van der Waals surface area contributed by atoms with Gasteiger partial charge in [-0.3, -0.25) is 9.36 Å². The lowest BCUT2D eigenvalue weighted by molar-refractivity contribution is -0.134. The van der Waals surface area contributed by atoms with E-state index in [4.69, 9.17) is 14.2 Å². The Morgan fingerprint density at radius 1 is 1.17 bits per heavy atom. The third kappa shape index (κ3) is 4.84. The molecule has 0 bridgehead atoms. The molecule has 1 fully saturated rings. The number of rotatable bonds is 9. The number of likely N-dealkylation sites (tertiary alicyclic amines) is 1. The monoisotopic (exact) mass is 418 g/mol. The first kappa shape index (κ1) is 21.9. The first-order valence-electron chi connectivity index (χ1n) is 10.3. The van der Waals surface area contributed by atoms with E-state index in [9.17, 15) is 9.59 Å². The fourth-order valence-corrected chi connectivity index (χ4v) is 3.74. The van der Waals surface area contributed by atoms with Crippen LogP contribution in [0.2, 0.25) is 0 Å². The molecule has 2 heterocycles. The molecule has 1 aromatic heterocycles. The number of hydrogen-bond acceptors (Lipinski definition) is 6. The fraction of sp³-hybridized carbons (Fsp3) is 0.571. The Morgan fingerprint density at radius 3 is 2.50 bits per heavy atom. The molecule has 0 saturated carbocycles. The maximum absolute atomic E-state index is 12.6. The van der Waals surface area contributed by atoms with Gasteiger partial charge in [0.05, 0.1) is 20.3 Å². The quantitative estimate of drug-likeness (QED) is 0.613. The zero-order valence-electron chi connectivity index (χ0n) is 17.9. The number of carbonyl (C=O) groups excluding carboxylic acids is 1. The molecule has 1 aliphatic heterocycles. The summed E-state index contributed by atoms with van der Waals surface area (Å²) in [5.41, 5.74) is -0.103. The molecule has 0 unspecified atom stereocenters. The van der Waals surface area contributed by atoms with E-state index in [-0.39, 0.29) is 24.1 Å². The summed E-state index contributed by atoms with van der Waals surface area (Å²) >= 11 is 0. The highest BCUT2D eigenvalue weighted by molar-refractivity contribution is 5.78. The number of ether oxygens (including phenoxy) is 3. The van der Waals surface area contributed by atoms with Crippen LogP contribution >= 0.6 is 0 Å². The van der Waals surface area contributed by atoms with Crippen molar-refractivity contribution in [2.24, 2.45) is 0 Å². The number of carbonyl (C=O) groups is 1. The maximum Gasteiger partial charge on any atom is 0.345 e. The van der Waals surface area contributed by atoms with E-state index in [1.165, 1.54) is 4.68 Å². The van der Waals surface area contributed by atoms with Crippen LogP contribution < -0.4 is 15.2 Å². The summed E-state index contributed by atoms with van der Waals surface area (Å²) in [5, 5.41) is 4.55. The number of aromatic nitrogens is 3. The van der Waals surface area contributed by atoms with E-state index in [0.29, 0.717) is 44.3 Å². The Labute approximate surface area is 176 Å². The van der Waals surface area contributed by atoms with E-state index in [1.54, 1.807) is 30.9 Å². The van der Waals surface area contributed by atoms with Gasteiger partial charge in [-0.1, -0.05) is 12.1 Å². The van der Waals surface area contributed by atoms with Crippen LogP contribution in [-0.2, 0) is 22.6 Å². The SMILES string of the molecule is CCn1c(C2CCN(C(=O)COc3ccccc3OC)CC2)nn(CCOC)c1=O. The van der Waals surface area contributed by atoms with Crippen molar-refractivity contribution in [3.63, 3.8) is 0 Å². The summed E-state index contributed by atoms with van der Waals surface area (Å²) in [6.45, 7) is 4.60. The Morgan fingerprint density at radius 2 is 1.87 bits per heavy atom. The highest BCUT2D eigenvalue weighted by atomic mass is 16.5. The topological polar surface area (TPSA) is 87.8 Å². The van der Waals surface area contributed by atoms with E-state index < -0.39 is 0 Å². The second kappa shape index (κ2) is 10.3. The van der Waals surface area contributed by atoms with Gasteiger partial charge in [0.15, 0.2) is 18.1 Å². The van der Waals surface area contributed by atoms with E-state index in [1.807, 2.05) is 24.0 Å². The largest absolute Gasteiger partial charge is 0.493 e. The minimum absolute atomic E-state index is 0.0314. The van der Waals surface area contributed by atoms with Gasteiger partial charge in [0, 0.05) is 32.7 Å². The van der Waals surface area contributed by atoms with Crippen LogP contribution in [0, 0.1) is 0 Å². The van der Waals surface area contributed by atoms with Gasteiger partial charge in [-0.05, 0) is 31.9 Å². The second-order valence-electron chi connectivity index (χ2n) is 7.20. The molecule has 0 aliphatic carbocycles. The summed E-state index contributed by atoms with van der Waals surface area (Å²) in [6.07, 6.45) is 1.53. The highest BCUT2D eigenvalue weighted by Gasteiger charge is 2.28. The number of nitrogens with zero attached hydrogens (tertiary/aromatic N) is 4. The van der Waals surface area contributed by atoms with Gasteiger partial charge in [0.25, 0.3) is 5.91 Å². The zero-order chi connectivity index (χ0) is 21.5. The Bertz CT molecular complexity index is 899. The van der Waals surface area contributed by atoms with Crippen molar-refractivity contribution < 1.29 is 19.0 Å². The van der Waals surface area contributed by atoms with Crippen molar-refractivity contribution in [1.29, 1.82) is 0 Å². The number of hydrogen-bond donors (Lipinski definition) is 0. The summed E-state index contributed by atoms with van der Waals surface area (Å²) < 4.78 is 19.2. The van der Waals surface area contributed by atoms with Crippen LogP contribution in [-0.4, -0.2) is 65.7 Å². The van der Waals surface area contributed by atoms with Crippen LogP contribution in [0.15, 0.2) is 29.1 Å². The van der Waals surface area contributed by atoms with Crippen LogP contribution in [0.4, 0.5) is 0 Å². The van der Waals surface area contributed by atoms with Gasteiger partial charge >= 0.3 is 5.69 Å². The van der Waals surface area contributed by atoms with Crippen LogP contribution in [0.25, 0.3) is 0 Å². The van der Waals surface area contributed by atoms with E-state index in [0.717, 1.165) is 18.7 Å². The summed E-state index contributed by atoms with van der Waals surface area (Å²) in [6, 6.07) is 7.27. The molecule has 0 radical (unpaired) electrons. The molecule has 1 aliphatic rings. The van der Waals surface area contributed by atoms with Crippen molar-refractivity contribution in [3.8, 4) is 11.5 Å². The molecule has 1 amide bonds. The number of piperidine rings is 1. The number of benzene rings is 1. The Hall–Kier alpha value is -2.81. The molecule has 1 saturated heterocycles. The highest BCUT2D eigenvalue weighted by Crippen LogP contribution is 2.28. The first-order chi connectivity index (χ1) is 14.6. The van der Waals surface area contributed by atoms with Gasteiger partial charge in [-0.2, -0.15) is 5.10 Å². The molecule has 0 N–H and O–H groups in total. The smallest absolute Gasteiger partial charge is 0.345 e. The fourth-order valence-electron chi connectivity index (χ4n) is 3.74. The maximum atomic E-state index is 12.6. The zero-order valence-corrected chi connectivity index (χ0v) is 17.9. The average molecular weight is 418 g/mol. The predicted molar refractivity (Wildman–Crippen MR) is 111 cm³/mol. The third-order valence-corrected chi connectivity index (χ3v) is 5.41. The molecular formula is C21H30N4O5. The minimum atomic E-state index is -0.103. The van der Waals surface area contributed by atoms with Gasteiger partial charge < -0.3 is 19.1 Å². The second-order valence-corrected chi connectivity index (χ2v) is 7.20. The van der Waals surface area contributed by atoms with Crippen molar-refractivity contribution in [2.75, 3.05) is 40.5 Å². The Balaban J connectivity index is 1.58. The van der Waals surface area contributed by atoms with Gasteiger partial charge in [0.1, 0.15) is 5.82 Å². The van der Waals surface area contributed by atoms with Crippen molar-refractivity contribution >= 4 is 5.91 Å². The lowest BCUT2D eigenvalue weighted by Gasteiger charge is -2.31. The molecule has 0 atom stereocenters. The summed E-state index contributed by atoms with van der Waals surface area (Å²) in [4.78, 5) is 26.9. The number of methoxy groups -OCH3 is 2. The molecular weight excluding hydrogens is 388 g/mol. The lowest BCUT2D eigenvalue weighted by atomic mass is 9.96. The summed E-state index contributed by atoms with van der Waals surface area (Å²) in [5.74, 6) is 2.05. The molecule has 9 nitrogen and oxygen atoms in total. The standard InChI is InChI=1S/C21H30N4O5/c1-4-24-20(22-25(21(24)27)13-14-28-2)16-9-11-23(12-10-16)19(26)15-30-18-8-6-5-7-17(18)29-3/h5-8,16H,4,9-15H2,1-3H3.